The molecule has 1 aromatic carbocycles. The SMILES string of the molecule is CCNC(=NCc1cc(F)ccc1CS(C)(=O)=O)NCC1CCN(C2CC2)C1. The minimum atomic E-state index is -3.20. The molecular formula is C20H31FN4O2S. The highest BCUT2D eigenvalue weighted by Gasteiger charge is 2.34. The summed E-state index contributed by atoms with van der Waals surface area (Å²) in [6, 6.07) is 5.02. The Hall–Kier alpha value is -1.67. The van der Waals surface area contributed by atoms with E-state index in [4.69, 9.17) is 0 Å². The number of hydrogen-bond donors (Lipinski definition) is 2. The number of aliphatic imine (C=N–C) groups is 1. The van der Waals surface area contributed by atoms with Crippen LogP contribution in [0.1, 0.15) is 37.3 Å². The van der Waals surface area contributed by atoms with Gasteiger partial charge in [0.2, 0.25) is 0 Å². The molecule has 6 nitrogen and oxygen atoms in total. The molecule has 2 aliphatic rings. The van der Waals surface area contributed by atoms with Crippen molar-refractivity contribution >= 4 is 15.8 Å². The van der Waals surface area contributed by atoms with Gasteiger partial charge in [0.05, 0.1) is 12.3 Å². The molecule has 0 amide bonds. The van der Waals surface area contributed by atoms with E-state index in [0.717, 1.165) is 25.7 Å². The summed E-state index contributed by atoms with van der Waals surface area (Å²) in [5, 5.41) is 6.61. The molecule has 1 saturated carbocycles. The average Bonchev–Trinajstić information content (AvgIpc) is 3.37. The van der Waals surface area contributed by atoms with Crippen LogP contribution in [0, 0.1) is 11.7 Å². The molecule has 0 bridgehead atoms. The molecule has 2 fully saturated rings. The molecule has 1 aliphatic heterocycles. The minimum Gasteiger partial charge on any atom is -0.357 e. The standard InChI is InChI=1S/C20H31FN4O2S/c1-3-22-20(23-11-15-8-9-25(13-15)19-6-7-19)24-12-17-10-18(21)5-4-16(17)14-28(2,26)27/h4-5,10,15,19H,3,6-9,11-14H2,1-2H3,(H2,22,23,24). The largest absolute Gasteiger partial charge is 0.357 e. The molecule has 156 valence electrons. The maximum absolute atomic E-state index is 13.7. The van der Waals surface area contributed by atoms with Crippen molar-refractivity contribution in [1.82, 2.24) is 15.5 Å². The minimum absolute atomic E-state index is 0.110. The van der Waals surface area contributed by atoms with Gasteiger partial charge in [-0.15, -0.1) is 0 Å². The van der Waals surface area contributed by atoms with Crippen LogP contribution < -0.4 is 10.6 Å². The number of likely N-dealkylation sites (tertiary alicyclic amines) is 1. The molecular weight excluding hydrogens is 379 g/mol. The second-order valence-corrected chi connectivity index (χ2v) is 10.1. The summed E-state index contributed by atoms with van der Waals surface area (Å²) in [6.45, 7) is 6.14. The zero-order chi connectivity index (χ0) is 20.1. The number of hydrogen-bond acceptors (Lipinski definition) is 4. The zero-order valence-corrected chi connectivity index (χ0v) is 17.6. The molecule has 1 saturated heterocycles. The number of halogens is 1. The Labute approximate surface area is 167 Å². The number of rotatable bonds is 8. The molecule has 3 rings (SSSR count). The van der Waals surface area contributed by atoms with E-state index in [-0.39, 0.29) is 18.1 Å². The molecule has 0 radical (unpaired) electrons. The average molecular weight is 411 g/mol. The van der Waals surface area contributed by atoms with Crippen molar-refractivity contribution in [2.45, 2.75) is 44.5 Å². The fraction of sp³-hybridized carbons (Fsp3) is 0.650. The van der Waals surface area contributed by atoms with Gasteiger partial charge in [-0.05, 0) is 61.9 Å². The van der Waals surface area contributed by atoms with Crippen LogP contribution in [-0.4, -0.2) is 57.8 Å². The molecule has 1 heterocycles. The molecule has 28 heavy (non-hydrogen) atoms. The van der Waals surface area contributed by atoms with Gasteiger partial charge in [0, 0.05) is 31.9 Å². The van der Waals surface area contributed by atoms with Gasteiger partial charge >= 0.3 is 0 Å². The molecule has 1 aliphatic carbocycles. The Morgan fingerprint density at radius 2 is 2.04 bits per heavy atom. The summed E-state index contributed by atoms with van der Waals surface area (Å²) in [5.41, 5.74) is 1.20. The quantitative estimate of drug-likeness (QED) is 0.506. The molecule has 1 atom stereocenters. The molecule has 2 N–H and O–H groups in total. The van der Waals surface area contributed by atoms with E-state index in [1.165, 1.54) is 50.3 Å². The van der Waals surface area contributed by atoms with E-state index in [1.54, 1.807) is 0 Å². The number of nitrogens with one attached hydrogen (secondary N) is 2. The lowest BCUT2D eigenvalue weighted by Gasteiger charge is -2.17. The van der Waals surface area contributed by atoms with Crippen molar-refractivity contribution in [3.05, 3.63) is 35.1 Å². The number of benzene rings is 1. The van der Waals surface area contributed by atoms with E-state index in [2.05, 4.69) is 20.5 Å². The van der Waals surface area contributed by atoms with Crippen LogP contribution in [0.2, 0.25) is 0 Å². The molecule has 8 heteroatoms. The Kier molecular flexibility index (Phi) is 6.93. The first kappa shape index (κ1) is 21.0. The monoisotopic (exact) mass is 410 g/mol. The molecule has 0 spiro atoms. The number of nitrogens with zero attached hydrogens (tertiary/aromatic N) is 2. The van der Waals surface area contributed by atoms with E-state index in [9.17, 15) is 12.8 Å². The lowest BCUT2D eigenvalue weighted by molar-refractivity contribution is 0.314. The van der Waals surface area contributed by atoms with Crippen molar-refractivity contribution < 1.29 is 12.8 Å². The normalized spacial score (nSPS) is 21.1. The fourth-order valence-corrected chi connectivity index (χ4v) is 4.56. The van der Waals surface area contributed by atoms with Gasteiger partial charge in [0.15, 0.2) is 15.8 Å². The lowest BCUT2D eigenvalue weighted by Crippen LogP contribution is -2.40. The van der Waals surface area contributed by atoms with Gasteiger partial charge < -0.3 is 15.5 Å². The van der Waals surface area contributed by atoms with Crippen molar-refractivity contribution in [2.24, 2.45) is 10.9 Å². The summed E-state index contributed by atoms with van der Waals surface area (Å²) in [7, 11) is -3.20. The zero-order valence-electron chi connectivity index (χ0n) is 16.7. The van der Waals surface area contributed by atoms with Crippen LogP contribution in [0.25, 0.3) is 0 Å². The van der Waals surface area contributed by atoms with Gasteiger partial charge in [0.25, 0.3) is 0 Å². The first-order valence-electron chi connectivity index (χ1n) is 10.1. The van der Waals surface area contributed by atoms with Crippen molar-refractivity contribution in [1.29, 1.82) is 0 Å². The molecule has 1 unspecified atom stereocenters. The lowest BCUT2D eigenvalue weighted by atomic mass is 10.1. The number of sulfone groups is 1. The van der Waals surface area contributed by atoms with Gasteiger partial charge in [-0.2, -0.15) is 0 Å². The highest BCUT2D eigenvalue weighted by molar-refractivity contribution is 7.89. The third-order valence-electron chi connectivity index (χ3n) is 5.28. The highest BCUT2D eigenvalue weighted by Crippen LogP contribution is 2.31. The summed E-state index contributed by atoms with van der Waals surface area (Å²) in [4.78, 5) is 7.15. The first-order valence-corrected chi connectivity index (χ1v) is 12.1. The van der Waals surface area contributed by atoms with Crippen LogP contribution in [0.15, 0.2) is 23.2 Å². The highest BCUT2D eigenvalue weighted by atomic mass is 32.2. The Morgan fingerprint density at radius 1 is 1.25 bits per heavy atom. The van der Waals surface area contributed by atoms with Crippen LogP contribution in [0.5, 0.6) is 0 Å². The second kappa shape index (κ2) is 9.22. The number of guanidine groups is 1. The van der Waals surface area contributed by atoms with Crippen molar-refractivity contribution in [3.8, 4) is 0 Å². The Morgan fingerprint density at radius 3 is 2.71 bits per heavy atom. The van der Waals surface area contributed by atoms with Crippen LogP contribution in [0.4, 0.5) is 4.39 Å². The van der Waals surface area contributed by atoms with E-state index < -0.39 is 9.84 Å². The van der Waals surface area contributed by atoms with E-state index >= 15 is 0 Å². The topological polar surface area (TPSA) is 73.8 Å². The van der Waals surface area contributed by atoms with Crippen LogP contribution >= 0.6 is 0 Å². The van der Waals surface area contributed by atoms with E-state index in [1.807, 2.05) is 6.92 Å². The molecule has 1 aromatic rings. The smallest absolute Gasteiger partial charge is 0.191 e. The summed E-state index contributed by atoms with van der Waals surface area (Å²) in [5.74, 6) is 0.800. The maximum Gasteiger partial charge on any atom is 0.191 e. The van der Waals surface area contributed by atoms with Gasteiger partial charge in [-0.25, -0.2) is 17.8 Å². The van der Waals surface area contributed by atoms with Crippen LogP contribution in [-0.2, 0) is 22.1 Å². The van der Waals surface area contributed by atoms with Gasteiger partial charge in [0.1, 0.15) is 5.82 Å². The van der Waals surface area contributed by atoms with Gasteiger partial charge in [-0.1, -0.05) is 6.07 Å². The van der Waals surface area contributed by atoms with Gasteiger partial charge in [-0.3, -0.25) is 0 Å². The third kappa shape index (κ3) is 6.44. The Balaban J connectivity index is 1.61. The second-order valence-electron chi connectivity index (χ2n) is 7.94. The predicted molar refractivity (Wildman–Crippen MR) is 110 cm³/mol. The maximum atomic E-state index is 13.7. The Bertz CT molecular complexity index is 808. The first-order chi connectivity index (χ1) is 13.3. The fourth-order valence-electron chi connectivity index (χ4n) is 3.71. The van der Waals surface area contributed by atoms with Crippen LogP contribution in [0.3, 0.4) is 0 Å². The third-order valence-corrected chi connectivity index (χ3v) is 6.11. The summed E-state index contributed by atoms with van der Waals surface area (Å²) in [6.07, 6.45) is 5.06. The molecule has 0 aromatic heterocycles. The predicted octanol–water partition coefficient (Wildman–Crippen LogP) is 1.91. The summed E-state index contributed by atoms with van der Waals surface area (Å²) >= 11 is 0. The van der Waals surface area contributed by atoms with E-state index in [0.29, 0.717) is 23.0 Å². The summed E-state index contributed by atoms with van der Waals surface area (Å²) < 4.78 is 37.0. The van der Waals surface area contributed by atoms with Crippen molar-refractivity contribution in [2.75, 3.05) is 32.4 Å². The van der Waals surface area contributed by atoms with Crippen molar-refractivity contribution in [3.63, 3.8) is 0 Å².